The standard InChI is InChI=1S/C5H10O4.C3H6O3/c1-5(2-6,3-7)4(8)9;1-5-3(4)6-2/h6-7H,2-3H2,1H3,(H,8,9);1-2H3. The van der Waals surface area contributed by atoms with Gasteiger partial charge in [0.05, 0.1) is 27.4 Å². The molecule has 0 bridgehead atoms. The summed E-state index contributed by atoms with van der Waals surface area (Å²) in [6.07, 6.45) is -0.657. The van der Waals surface area contributed by atoms with Gasteiger partial charge in [-0.2, -0.15) is 0 Å². The van der Waals surface area contributed by atoms with Crippen LogP contribution in [0.4, 0.5) is 4.79 Å². The topological polar surface area (TPSA) is 113 Å². The predicted molar refractivity (Wildman–Crippen MR) is 49.3 cm³/mol. The molecule has 0 spiro atoms. The van der Waals surface area contributed by atoms with Crippen molar-refractivity contribution in [1.82, 2.24) is 0 Å². The number of carboxylic acid groups (broad SMARTS) is 1. The van der Waals surface area contributed by atoms with Crippen LogP contribution in [0.25, 0.3) is 0 Å². The van der Waals surface area contributed by atoms with Crippen molar-refractivity contribution in [3.8, 4) is 0 Å². The van der Waals surface area contributed by atoms with Crippen molar-refractivity contribution in [3.05, 3.63) is 0 Å². The predicted octanol–water partition coefficient (Wildman–Crippen LogP) is -0.539. The Morgan fingerprint density at radius 1 is 1.13 bits per heavy atom. The quantitative estimate of drug-likeness (QED) is 0.552. The molecule has 0 aliphatic carbocycles. The van der Waals surface area contributed by atoms with Crippen LogP contribution >= 0.6 is 0 Å². The minimum atomic E-state index is -1.39. The van der Waals surface area contributed by atoms with Crippen molar-refractivity contribution in [2.24, 2.45) is 5.41 Å². The van der Waals surface area contributed by atoms with Crippen molar-refractivity contribution in [2.75, 3.05) is 27.4 Å². The molecule has 7 heteroatoms. The Balaban J connectivity index is 0. The summed E-state index contributed by atoms with van der Waals surface area (Å²) in [7, 11) is 2.51. The van der Waals surface area contributed by atoms with E-state index in [1.807, 2.05) is 0 Å². The number of carbonyl (C=O) groups excluding carboxylic acids is 1. The van der Waals surface area contributed by atoms with E-state index in [1.54, 1.807) is 0 Å². The van der Waals surface area contributed by atoms with Gasteiger partial charge in [-0.1, -0.05) is 0 Å². The maximum atomic E-state index is 10.2. The van der Waals surface area contributed by atoms with Gasteiger partial charge in [0.25, 0.3) is 0 Å². The molecule has 0 amide bonds. The van der Waals surface area contributed by atoms with E-state index in [1.165, 1.54) is 21.1 Å². The lowest BCUT2D eigenvalue weighted by atomic mass is 9.94. The van der Waals surface area contributed by atoms with Crippen LogP contribution in [0.1, 0.15) is 6.92 Å². The lowest BCUT2D eigenvalue weighted by molar-refractivity contribution is -0.152. The highest BCUT2D eigenvalue weighted by atomic mass is 16.7. The Labute approximate surface area is 87.2 Å². The van der Waals surface area contributed by atoms with Gasteiger partial charge in [0, 0.05) is 0 Å². The zero-order valence-corrected chi connectivity index (χ0v) is 8.89. The Morgan fingerprint density at radius 2 is 1.47 bits per heavy atom. The Bertz CT molecular complexity index is 191. The molecule has 0 rings (SSSR count). The van der Waals surface area contributed by atoms with E-state index in [9.17, 15) is 9.59 Å². The highest BCUT2D eigenvalue weighted by Crippen LogP contribution is 2.12. The first-order valence-electron chi connectivity index (χ1n) is 3.95. The third kappa shape index (κ3) is 6.69. The maximum absolute atomic E-state index is 10.2. The van der Waals surface area contributed by atoms with Gasteiger partial charge in [0.2, 0.25) is 0 Å². The van der Waals surface area contributed by atoms with Crippen molar-refractivity contribution in [2.45, 2.75) is 6.92 Å². The molecule has 0 radical (unpaired) electrons. The first-order chi connectivity index (χ1) is 6.87. The first kappa shape index (κ1) is 16.1. The second-order valence-corrected chi connectivity index (χ2v) is 2.84. The van der Waals surface area contributed by atoms with E-state index in [0.29, 0.717) is 0 Å². The van der Waals surface area contributed by atoms with E-state index in [-0.39, 0.29) is 0 Å². The summed E-state index contributed by atoms with van der Waals surface area (Å²) >= 11 is 0. The van der Waals surface area contributed by atoms with Gasteiger partial charge in [0.15, 0.2) is 0 Å². The van der Waals surface area contributed by atoms with Crippen molar-refractivity contribution < 1.29 is 34.4 Å². The molecule has 0 saturated heterocycles. The number of carboxylic acids is 1. The van der Waals surface area contributed by atoms with Gasteiger partial charge in [-0.3, -0.25) is 4.79 Å². The fourth-order valence-corrected chi connectivity index (χ4v) is 0.269. The number of aliphatic hydroxyl groups is 2. The summed E-state index contributed by atoms with van der Waals surface area (Å²) in [4.78, 5) is 19.9. The number of carbonyl (C=O) groups is 2. The summed E-state index contributed by atoms with van der Waals surface area (Å²) in [5.41, 5.74) is -1.39. The van der Waals surface area contributed by atoms with E-state index in [4.69, 9.17) is 15.3 Å². The Kier molecular flexibility index (Phi) is 8.60. The molecule has 15 heavy (non-hydrogen) atoms. The van der Waals surface area contributed by atoms with Crippen LogP contribution in [0, 0.1) is 5.41 Å². The van der Waals surface area contributed by atoms with Gasteiger partial charge in [-0.05, 0) is 6.92 Å². The molecular formula is C8H16O7. The molecule has 0 aliphatic rings. The molecule has 0 saturated carbocycles. The molecule has 0 aromatic heterocycles. The second kappa shape index (κ2) is 8.01. The van der Waals surface area contributed by atoms with E-state index < -0.39 is 30.8 Å². The summed E-state index contributed by atoms with van der Waals surface area (Å²) in [5.74, 6) is -1.19. The molecule has 90 valence electrons. The van der Waals surface area contributed by atoms with E-state index in [2.05, 4.69) is 9.47 Å². The fourth-order valence-electron chi connectivity index (χ4n) is 0.269. The molecule has 0 fully saturated rings. The zero-order chi connectivity index (χ0) is 12.5. The minimum absolute atomic E-state index is 0.543. The normalized spacial score (nSPS) is 9.67. The molecule has 0 heterocycles. The molecule has 3 N–H and O–H groups in total. The number of hydrogen-bond acceptors (Lipinski definition) is 6. The first-order valence-corrected chi connectivity index (χ1v) is 3.95. The molecule has 0 unspecified atom stereocenters. The number of rotatable bonds is 3. The minimum Gasteiger partial charge on any atom is -0.481 e. The van der Waals surface area contributed by atoms with Gasteiger partial charge in [-0.25, -0.2) is 4.79 Å². The SMILES string of the molecule is CC(CO)(CO)C(=O)O.COC(=O)OC. The van der Waals surface area contributed by atoms with Crippen molar-refractivity contribution in [1.29, 1.82) is 0 Å². The van der Waals surface area contributed by atoms with Gasteiger partial charge in [-0.15, -0.1) is 0 Å². The summed E-state index contributed by atoms with van der Waals surface area (Å²) in [6.45, 7) is 0.187. The Morgan fingerprint density at radius 3 is 1.47 bits per heavy atom. The average molecular weight is 224 g/mol. The Hall–Kier alpha value is -1.34. The van der Waals surface area contributed by atoms with Crippen LogP contribution in [0.5, 0.6) is 0 Å². The molecule has 0 aromatic carbocycles. The summed E-state index contributed by atoms with van der Waals surface area (Å²) in [6, 6.07) is 0. The number of hydrogen-bond donors (Lipinski definition) is 3. The maximum Gasteiger partial charge on any atom is 0.507 e. The number of aliphatic hydroxyl groups excluding tert-OH is 2. The van der Waals surface area contributed by atoms with Gasteiger partial charge in [0.1, 0.15) is 5.41 Å². The monoisotopic (exact) mass is 224 g/mol. The second-order valence-electron chi connectivity index (χ2n) is 2.84. The van der Waals surface area contributed by atoms with E-state index in [0.717, 1.165) is 0 Å². The van der Waals surface area contributed by atoms with Crippen molar-refractivity contribution in [3.63, 3.8) is 0 Å². The van der Waals surface area contributed by atoms with Gasteiger partial charge >= 0.3 is 12.1 Å². The largest absolute Gasteiger partial charge is 0.507 e. The van der Waals surface area contributed by atoms with Crippen LogP contribution in [-0.2, 0) is 14.3 Å². The zero-order valence-electron chi connectivity index (χ0n) is 8.89. The molecule has 0 aromatic rings. The number of methoxy groups -OCH3 is 2. The van der Waals surface area contributed by atoms with Gasteiger partial charge < -0.3 is 24.8 Å². The fraction of sp³-hybridized carbons (Fsp3) is 0.750. The number of aliphatic carboxylic acids is 1. The smallest absolute Gasteiger partial charge is 0.481 e. The van der Waals surface area contributed by atoms with Crippen LogP contribution < -0.4 is 0 Å². The molecule has 0 aliphatic heterocycles. The van der Waals surface area contributed by atoms with Crippen LogP contribution in [0.3, 0.4) is 0 Å². The summed E-state index contributed by atoms with van der Waals surface area (Å²) in [5, 5.41) is 25.1. The average Bonchev–Trinajstić information content (AvgIpc) is 2.27. The van der Waals surface area contributed by atoms with Crippen molar-refractivity contribution >= 4 is 12.1 Å². The highest BCUT2D eigenvalue weighted by Gasteiger charge is 2.31. The molecule has 7 nitrogen and oxygen atoms in total. The van der Waals surface area contributed by atoms with Crippen LogP contribution in [0.15, 0.2) is 0 Å². The third-order valence-electron chi connectivity index (χ3n) is 1.55. The van der Waals surface area contributed by atoms with Crippen LogP contribution in [0.2, 0.25) is 0 Å². The molecular weight excluding hydrogens is 208 g/mol. The lowest BCUT2D eigenvalue weighted by Crippen LogP contribution is -2.35. The van der Waals surface area contributed by atoms with Crippen LogP contribution in [-0.4, -0.2) is 54.9 Å². The number of ether oxygens (including phenoxy) is 2. The highest BCUT2D eigenvalue weighted by molar-refractivity contribution is 5.74. The third-order valence-corrected chi connectivity index (χ3v) is 1.55. The molecule has 0 atom stereocenters. The lowest BCUT2D eigenvalue weighted by Gasteiger charge is -2.17. The van der Waals surface area contributed by atoms with E-state index >= 15 is 0 Å². The summed E-state index contributed by atoms with van der Waals surface area (Å²) < 4.78 is 8.08.